The lowest BCUT2D eigenvalue weighted by atomic mass is 10.1. The van der Waals surface area contributed by atoms with Gasteiger partial charge in [0, 0.05) is 18.4 Å². The highest BCUT2D eigenvalue weighted by Gasteiger charge is 2.23. The molecule has 0 spiro atoms. The summed E-state index contributed by atoms with van der Waals surface area (Å²) in [7, 11) is 0. The van der Waals surface area contributed by atoms with Crippen LogP contribution in [-0.2, 0) is 16.0 Å². The Hall–Kier alpha value is -0.940. The number of rotatable bonds is 3. The first-order valence-corrected chi connectivity index (χ1v) is 7.01. The topological polar surface area (TPSA) is 29.5 Å². The van der Waals surface area contributed by atoms with Crippen molar-refractivity contribution in [2.45, 2.75) is 12.5 Å². The van der Waals surface area contributed by atoms with Crippen LogP contribution in [0.5, 0.6) is 0 Å². The standard InChI is InChI=1S/C13H15BrFNO2/c14-8-12-9-16(4-5-18-12)13(17)7-10-2-1-3-11(15)6-10/h1-3,6,12H,4-5,7-9H2. The van der Waals surface area contributed by atoms with E-state index in [2.05, 4.69) is 15.9 Å². The van der Waals surface area contributed by atoms with Gasteiger partial charge < -0.3 is 9.64 Å². The molecule has 0 saturated carbocycles. The quantitative estimate of drug-likeness (QED) is 0.798. The summed E-state index contributed by atoms with van der Waals surface area (Å²) < 4.78 is 18.5. The van der Waals surface area contributed by atoms with Crippen molar-refractivity contribution in [3.63, 3.8) is 0 Å². The van der Waals surface area contributed by atoms with E-state index in [0.29, 0.717) is 25.3 Å². The normalized spacial score (nSPS) is 19.9. The van der Waals surface area contributed by atoms with Gasteiger partial charge >= 0.3 is 0 Å². The second-order valence-corrected chi connectivity index (χ2v) is 4.94. The lowest BCUT2D eigenvalue weighted by Crippen LogP contribution is -2.46. The number of carbonyl (C=O) groups is 1. The molecular weight excluding hydrogens is 301 g/mol. The molecule has 1 saturated heterocycles. The molecule has 3 nitrogen and oxygen atoms in total. The van der Waals surface area contributed by atoms with Crippen molar-refractivity contribution in [1.29, 1.82) is 0 Å². The van der Waals surface area contributed by atoms with Crippen LogP contribution in [0.1, 0.15) is 5.56 Å². The predicted octanol–water partition coefficient (Wildman–Crippen LogP) is 1.99. The number of halogens is 2. The van der Waals surface area contributed by atoms with Crippen LogP contribution in [0, 0.1) is 5.82 Å². The number of carbonyl (C=O) groups excluding carboxylic acids is 1. The molecule has 2 rings (SSSR count). The van der Waals surface area contributed by atoms with Crippen molar-refractivity contribution >= 4 is 21.8 Å². The Morgan fingerprint density at radius 2 is 2.39 bits per heavy atom. The van der Waals surface area contributed by atoms with Crippen molar-refractivity contribution in [2.24, 2.45) is 0 Å². The fourth-order valence-electron chi connectivity index (χ4n) is 1.97. The van der Waals surface area contributed by atoms with Crippen molar-refractivity contribution in [3.8, 4) is 0 Å². The fourth-order valence-corrected chi connectivity index (χ4v) is 2.36. The van der Waals surface area contributed by atoms with Gasteiger partial charge in [-0.1, -0.05) is 28.1 Å². The number of hydrogen-bond donors (Lipinski definition) is 0. The van der Waals surface area contributed by atoms with Crippen molar-refractivity contribution in [2.75, 3.05) is 25.0 Å². The van der Waals surface area contributed by atoms with Crippen LogP contribution in [0.2, 0.25) is 0 Å². The number of benzene rings is 1. The van der Waals surface area contributed by atoms with Crippen molar-refractivity contribution in [1.82, 2.24) is 4.90 Å². The zero-order valence-corrected chi connectivity index (χ0v) is 11.5. The summed E-state index contributed by atoms with van der Waals surface area (Å²) in [5.41, 5.74) is 0.710. The highest BCUT2D eigenvalue weighted by molar-refractivity contribution is 9.09. The van der Waals surface area contributed by atoms with Gasteiger partial charge in [-0.25, -0.2) is 4.39 Å². The van der Waals surface area contributed by atoms with Crippen LogP contribution >= 0.6 is 15.9 Å². The van der Waals surface area contributed by atoms with E-state index in [0.717, 1.165) is 5.33 Å². The van der Waals surface area contributed by atoms with Crippen LogP contribution in [0.3, 0.4) is 0 Å². The molecular formula is C13H15BrFNO2. The summed E-state index contributed by atoms with van der Waals surface area (Å²) in [5.74, 6) is -0.282. The lowest BCUT2D eigenvalue weighted by molar-refractivity contribution is -0.137. The first kappa shape index (κ1) is 13.5. The summed E-state index contributed by atoms with van der Waals surface area (Å²) in [6.45, 7) is 1.77. The molecule has 0 aromatic heterocycles. The first-order valence-electron chi connectivity index (χ1n) is 5.89. The molecule has 98 valence electrons. The Morgan fingerprint density at radius 1 is 1.56 bits per heavy atom. The van der Waals surface area contributed by atoms with E-state index in [1.807, 2.05) is 0 Å². The smallest absolute Gasteiger partial charge is 0.227 e. The third-order valence-electron chi connectivity index (χ3n) is 2.91. The average molecular weight is 316 g/mol. The van der Waals surface area contributed by atoms with Crippen LogP contribution in [0.15, 0.2) is 24.3 Å². The molecule has 1 atom stereocenters. The summed E-state index contributed by atoms with van der Waals surface area (Å²) in [6, 6.07) is 6.17. The third kappa shape index (κ3) is 3.53. The molecule has 0 N–H and O–H groups in total. The monoisotopic (exact) mass is 315 g/mol. The lowest BCUT2D eigenvalue weighted by Gasteiger charge is -2.32. The molecule has 1 aliphatic heterocycles. The second-order valence-electron chi connectivity index (χ2n) is 4.29. The van der Waals surface area contributed by atoms with Gasteiger partial charge in [0.25, 0.3) is 0 Å². The van der Waals surface area contributed by atoms with Crippen molar-refractivity contribution < 1.29 is 13.9 Å². The number of hydrogen-bond acceptors (Lipinski definition) is 2. The van der Waals surface area contributed by atoms with Crippen LogP contribution < -0.4 is 0 Å². The molecule has 1 aliphatic rings. The predicted molar refractivity (Wildman–Crippen MR) is 70.2 cm³/mol. The van der Waals surface area contributed by atoms with Gasteiger partial charge in [-0.15, -0.1) is 0 Å². The molecule has 0 radical (unpaired) electrons. The highest BCUT2D eigenvalue weighted by Crippen LogP contribution is 2.11. The molecule has 0 bridgehead atoms. The number of ether oxygens (including phenoxy) is 1. The second kappa shape index (κ2) is 6.29. The minimum atomic E-state index is -0.305. The van der Waals surface area contributed by atoms with E-state index in [-0.39, 0.29) is 24.2 Å². The Labute approximate surface area is 114 Å². The maximum Gasteiger partial charge on any atom is 0.227 e. The summed E-state index contributed by atoms with van der Waals surface area (Å²) in [5, 5.41) is 0.719. The van der Waals surface area contributed by atoms with Crippen molar-refractivity contribution in [3.05, 3.63) is 35.6 Å². The Kier molecular flexibility index (Phi) is 4.72. The Bertz CT molecular complexity index is 427. The van der Waals surface area contributed by atoms with Gasteiger partial charge in [0.1, 0.15) is 5.82 Å². The van der Waals surface area contributed by atoms with Gasteiger partial charge in [-0.3, -0.25) is 4.79 Å². The van der Waals surface area contributed by atoms with E-state index in [9.17, 15) is 9.18 Å². The van der Waals surface area contributed by atoms with E-state index < -0.39 is 0 Å². The first-order chi connectivity index (χ1) is 8.69. The summed E-state index contributed by atoms with van der Waals surface area (Å²) in [4.78, 5) is 13.9. The molecule has 1 amide bonds. The molecule has 1 heterocycles. The largest absolute Gasteiger partial charge is 0.374 e. The minimum Gasteiger partial charge on any atom is -0.374 e. The van der Waals surface area contributed by atoms with Gasteiger partial charge in [0.05, 0.1) is 19.1 Å². The van der Waals surface area contributed by atoms with Crippen LogP contribution in [-0.4, -0.2) is 41.9 Å². The van der Waals surface area contributed by atoms with Crippen LogP contribution in [0.4, 0.5) is 4.39 Å². The zero-order valence-electron chi connectivity index (χ0n) is 9.94. The fraction of sp³-hybridized carbons (Fsp3) is 0.462. The maximum atomic E-state index is 13.0. The molecule has 1 fully saturated rings. The molecule has 0 aliphatic carbocycles. The number of alkyl halides is 1. The number of morpholine rings is 1. The average Bonchev–Trinajstić information content (AvgIpc) is 2.39. The summed E-state index contributed by atoms with van der Waals surface area (Å²) in [6.07, 6.45) is 0.294. The third-order valence-corrected chi connectivity index (χ3v) is 3.63. The Balaban J connectivity index is 1.95. The van der Waals surface area contributed by atoms with E-state index in [1.165, 1.54) is 12.1 Å². The minimum absolute atomic E-state index is 0.0230. The molecule has 1 aromatic carbocycles. The number of nitrogens with zero attached hydrogens (tertiary/aromatic N) is 1. The Morgan fingerprint density at radius 3 is 3.11 bits per heavy atom. The van der Waals surface area contributed by atoms with Gasteiger partial charge in [-0.05, 0) is 17.7 Å². The maximum absolute atomic E-state index is 13.0. The van der Waals surface area contributed by atoms with Gasteiger partial charge in [0.15, 0.2) is 0 Å². The van der Waals surface area contributed by atoms with Crippen LogP contribution in [0.25, 0.3) is 0 Å². The zero-order chi connectivity index (χ0) is 13.0. The van der Waals surface area contributed by atoms with Gasteiger partial charge in [0.2, 0.25) is 5.91 Å². The molecule has 5 heteroatoms. The van der Waals surface area contributed by atoms with E-state index in [1.54, 1.807) is 17.0 Å². The SMILES string of the molecule is O=C(Cc1cccc(F)c1)N1CCOC(CBr)C1. The summed E-state index contributed by atoms with van der Waals surface area (Å²) >= 11 is 3.35. The van der Waals surface area contributed by atoms with E-state index >= 15 is 0 Å². The highest BCUT2D eigenvalue weighted by atomic mass is 79.9. The molecule has 18 heavy (non-hydrogen) atoms. The van der Waals surface area contributed by atoms with Gasteiger partial charge in [-0.2, -0.15) is 0 Å². The van der Waals surface area contributed by atoms with E-state index in [4.69, 9.17) is 4.74 Å². The number of amides is 1. The molecule has 1 aromatic rings. The molecule has 1 unspecified atom stereocenters.